The van der Waals surface area contributed by atoms with Gasteiger partial charge in [-0.1, -0.05) is 12.1 Å². The highest BCUT2D eigenvalue weighted by Gasteiger charge is 2.28. The van der Waals surface area contributed by atoms with Gasteiger partial charge in [0.25, 0.3) is 0 Å². The second kappa shape index (κ2) is 6.56. The van der Waals surface area contributed by atoms with E-state index < -0.39 is 17.7 Å². The number of amides is 2. The second-order valence-corrected chi connectivity index (χ2v) is 6.78. The molecule has 2 atom stereocenters. The van der Waals surface area contributed by atoms with E-state index in [0.29, 0.717) is 18.4 Å². The Bertz CT molecular complexity index is 610. The number of alkyl carbamates (subject to hydrolysis) is 1. The number of hydrogen-bond acceptors (Lipinski definition) is 3. The Kier molecular flexibility index (Phi) is 4.92. The number of rotatable bonds is 3. The van der Waals surface area contributed by atoms with Crippen molar-refractivity contribution in [1.82, 2.24) is 10.6 Å². The fourth-order valence-corrected chi connectivity index (χ4v) is 2.61. The maximum Gasteiger partial charge on any atom is 0.408 e. The molecule has 1 aliphatic carbocycles. The number of carbonyl (C=O) groups excluding carboxylic acids is 2. The van der Waals surface area contributed by atoms with Crippen LogP contribution in [0.4, 0.5) is 9.18 Å². The molecule has 1 aromatic carbocycles. The molecule has 1 unspecified atom stereocenters. The molecule has 0 spiro atoms. The minimum absolute atomic E-state index is 0.226. The summed E-state index contributed by atoms with van der Waals surface area (Å²) in [6.07, 6.45) is 0.611. The third-order valence-corrected chi connectivity index (χ3v) is 3.66. The molecule has 0 aliphatic heterocycles. The van der Waals surface area contributed by atoms with Gasteiger partial charge in [0.05, 0.1) is 6.04 Å². The first-order chi connectivity index (χ1) is 10.7. The summed E-state index contributed by atoms with van der Waals surface area (Å²) in [6.45, 7) is 6.84. The fourth-order valence-electron chi connectivity index (χ4n) is 2.61. The summed E-state index contributed by atoms with van der Waals surface area (Å²) in [6, 6.07) is 3.93. The molecular weight excluding hydrogens is 299 g/mol. The first kappa shape index (κ1) is 17.2. The predicted molar refractivity (Wildman–Crippen MR) is 84.4 cm³/mol. The van der Waals surface area contributed by atoms with Gasteiger partial charge in [0, 0.05) is 0 Å². The van der Waals surface area contributed by atoms with Gasteiger partial charge in [-0.15, -0.1) is 0 Å². The van der Waals surface area contributed by atoms with Crippen molar-refractivity contribution in [3.63, 3.8) is 0 Å². The minimum Gasteiger partial charge on any atom is -0.444 e. The molecule has 2 N–H and O–H groups in total. The first-order valence-electron chi connectivity index (χ1n) is 7.74. The number of benzene rings is 1. The molecule has 0 fully saturated rings. The van der Waals surface area contributed by atoms with Crippen molar-refractivity contribution in [2.45, 2.75) is 58.2 Å². The smallest absolute Gasteiger partial charge is 0.408 e. The van der Waals surface area contributed by atoms with Crippen molar-refractivity contribution in [3.8, 4) is 0 Å². The summed E-state index contributed by atoms with van der Waals surface area (Å²) in [5.41, 5.74) is 0.843. The lowest BCUT2D eigenvalue weighted by Crippen LogP contribution is -2.47. The summed E-state index contributed by atoms with van der Waals surface area (Å²) >= 11 is 0. The van der Waals surface area contributed by atoms with Crippen molar-refractivity contribution in [3.05, 3.63) is 35.1 Å². The van der Waals surface area contributed by atoms with E-state index in [1.807, 2.05) is 6.07 Å². The van der Waals surface area contributed by atoms with Crippen molar-refractivity contribution in [1.29, 1.82) is 0 Å². The molecule has 0 saturated carbocycles. The SMILES string of the molecule is C[C@@H](NC(=O)OC(C)(C)C)C(=O)NC1CCc2c(F)cccc21. The highest BCUT2D eigenvalue weighted by molar-refractivity contribution is 5.85. The fraction of sp³-hybridized carbons (Fsp3) is 0.529. The van der Waals surface area contributed by atoms with Crippen LogP contribution in [0.1, 0.15) is 51.3 Å². The molecular formula is C17H23FN2O3. The average molecular weight is 322 g/mol. The standard InChI is InChI=1S/C17H23FN2O3/c1-10(19-16(22)23-17(2,3)4)15(21)20-14-9-8-11-12(14)6-5-7-13(11)18/h5-7,10,14H,8-9H2,1-4H3,(H,19,22)(H,20,21)/t10-,14?/m1/s1. The maximum absolute atomic E-state index is 13.7. The summed E-state index contributed by atoms with van der Waals surface area (Å²) < 4.78 is 18.8. The zero-order valence-electron chi connectivity index (χ0n) is 13.9. The van der Waals surface area contributed by atoms with Gasteiger partial charge in [0.1, 0.15) is 17.5 Å². The number of halogens is 1. The zero-order chi connectivity index (χ0) is 17.2. The van der Waals surface area contributed by atoms with E-state index in [0.717, 1.165) is 5.56 Å². The summed E-state index contributed by atoms with van der Waals surface area (Å²) in [4.78, 5) is 23.9. The van der Waals surface area contributed by atoms with E-state index in [2.05, 4.69) is 10.6 Å². The Morgan fingerprint density at radius 2 is 2.04 bits per heavy atom. The number of hydrogen-bond donors (Lipinski definition) is 2. The van der Waals surface area contributed by atoms with Crippen molar-refractivity contribution >= 4 is 12.0 Å². The Morgan fingerprint density at radius 3 is 2.70 bits per heavy atom. The summed E-state index contributed by atoms with van der Waals surface area (Å²) in [5.74, 6) is -0.558. The molecule has 1 aromatic rings. The van der Waals surface area contributed by atoms with Crippen LogP contribution in [0.25, 0.3) is 0 Å². The van der Waals surface area contributed by atoms with Gasteiger partial charge in [-0.25, -0.2) is 9.18 Å². The van der Waals surface area contributed by atoms with Crippen LogP contribution in [0.5, 0.6) is 0 Å². The lowest BCUT2D eigenvalue weighted by atomic mass is 10.1. The molecule has 6 heteroatoms. The molecule has 0 aromatic heterocycles. The normalized spacial score (nSPS) is 18.0. The highest BCUT2D eigenvalue weighted by atomic mass is 19.1. The van der Waals surface area contributed by atoms with Gasteiger partial charge in [-0.2, -0.15) is 0 Å². The lowest BCUT2D eigenvalue weighted by Gasteiger charge is -2.22. The number of fused-ring (bicyclic) bond motifs is 1. The van der Waals surface area contributed by atoms with Gasteiger partial charge >= 0.3 is 6.09 Å². The van der Waals surface area contributed by atoms with E-state index >= 15 is 0 Å². The monoisotopic (exact) mass is 322 g/mol. The molecule has 5 nitrogen and oxygen atoms in total. The first-order valence-corrected chi connectivity index (χ1v) is 7.74. The van der Waals surface area contributed by atoms with Crippen LogP contribution in [0.2, 0.25) is 0 Å². The number of ether oxygens (including phenoxy) is 1. The second-order valence-electron chi connectivity index (χ2n) is 6.78. The zero-order valence-corrected chi connectivity index (χ0v) is 13.9. The quantitative estimate of drug-likeness (QED) is 0.899. The van der Waals surface area contributed by atoms with Gasteiger partial charge in [-0.05, 0) is 57.7 Å². The van der Waals surface area contributed by atoms with Crippen LogP contribution >= 0.6 is 0 Å². The molecule has 0 heterocycles. The van der Waals surface area contributed by atoms with Crippen LogP contribution in [-0.4, -0.2) is 23.6 Å². The molecule has 126 valence electrons. The van der Waals surface area contributed by atoms with E-state index in [4.69, 9.17) is 4.74 Å². The van der Waals surface area contributed by atoms with Gasteiger partial charge in [0.15, 0.2) is 0 Å². The Balaban J connectivity index is 1.93. The van der Waals surface area contributed by atoms with E-state index in [1.165, 1.54) is 6.07 Å². The molecule has 2 amide bonds. The largest absolute Gasteiger partial charge is 0.444 e. The maximum atomic E-state index is 13.7. The highest BCUT2D eigenvalue weighted by Crippen LogP contribution is 2.32. The topological polar surface area (TPSA) is 67.4 Å². The summed E-state index contributed by atoms with van der Waals surface area (Å²) in [7, 11) is 0. The van der Waals surface area contributed by atoms with E-state index in [1.54, 1.807) is 33.8 Å². The molecule has 0 bridgehead atoms. The average Bonchev–Trinajstić information content (AvgIpc) is 2.81. The van der Waals surface area contributed by atoms with E-state index in [9.17, 15) is 14.0 Å². The van der Waals surface area contributed by atoms with Crippen LogP contribution in [0.3, 0.4) is 0 Å². The molecule has 1 aliphatic rings. The predicted octanol–water partition coefficient (Wildman–Crippen LogP) is 2.84. The molecule has 0 saturated heterocycles. The van der Waals surface area contributed by atoms with Crippen molar-refractivity contribution < 1.29 is 18.7 Å². The molecule has 23 heavy (non-hydrogen) atoms. The Hall–Kier alpha value is -2.11. The molecule has 0 radical (unpaired) electrons. The number of carbonyl (C=O) groups is 2. The van der Waals surface area contributed by atoms with Crippen LogP contribution < -0.4 is 10.6 Å². The number of nitrogens with one attached hydrogen (secondary N) is 2. The van der Waals surface area contributed by atoms with Crippen LogP contribution in [0, 0.1) is 5.82 Å². The Labute approximate surface area is 135 Å². The third-order valence-electron chi connectivity index (χ3n) is 3.66. The van der Waals surface area contributed by atoms with E-state index in [-0.39, 0.29) is 17.8 Å². The third kappa shape index (κ3) is 4.43. The van der Waals surface area contributed by atoms with Crippen molar-refractivity contribution in [2.24, 2.45) is 0 Å². The summed E-state index contributed by atoms with van der Waals surface area (Å²) in [5, 5.41) is 5.35. The van der Waals surface area contributed by atoms with Crippen LogP contribution in [0.15, 0.2) is 18.2 Å². The minimum atomic E-state index is -0.734. The lowest BCUT2D eigenvalue weighted by molar-refractivity contribution is -0.123. The van der Waals surface area contributed by atoms with Gasteiger partial charge < -0.3 is 15.4 Å². The Morgan fingerprint density at radius 1 is 1.35 bits per heavy atom. The van der Waals surface area contributed by atoms with Gasteiger partial charge in [0.2, 0.25) is 5.91 Å². The molecule has 2 rings (SSSR count). The van der Waals surface area contributed by atoms with Crippen molar-refractivity contribution in [2.75, 3.05) is 0 Å². The van der Waals surface area contributed by atoms with Crippen LogP contribution in [-0.2, 0) is 16.0 Å². The van der Waals surface area contributed by atoms with Gasteiger partial charge in [-0.3, -0.25) is 4.79 Å².